The lowest BCUT2D eigenvalue weighted by molar-refractivity contribution is 0.719. The molecule has 7 aromatic carbocycles. The molecule has 0 amide bonds. The lowest BCUT2D eigenvalue weighted by Crippen LogP contribution is -2.08. The molecule has 1 unspecified atom stereocenters. The van der Waals surface area contributed by atoms with E-state index < -0.39 is 0 Å². The van der Waals surface area contributed by atoms with E-state index >= 15 is 0 Å². The van der Waals surface area contributed by atoms with E-state index in [9.17, 15) is 0 Å². The predicted molar refractivity (Wildman–Crippen MR) is 194 cm³/mol. The van der Waals surface area contributed by atoms with E-state index in [2.05, 4.69) is 169 Å². The summed E-state index contributed by atoms with van der Waals surface area (Å²) < 4.78 is 2.38. The van der Waals surface area contributed by atoms with Crippen molar-refractivity contribution in [3.8, 4) is 39.3 Å². The van der Waals surface area contributed by atoms with Gasteiger partial charge in [0.1, 0.15) is 5.82 Å². The molecule has 2 heteroatoms. The molecule has 46 heavy (non-hydrogen) atoms. The minimum atomic E-state index is 0.389. The molecule has 1 aromatic heterocycles. The maximum Gasteiger partial charge on any atom is 0.145 e. The molecule has 0 N–H and O–H groups in total. The summed E-state index contributed by atoms with van der Waals surface area (Å²) in [5, 5.41) is 7.59. The van der Waals surface area contributed by atoms with Gasteiger partial charge in [0.25, 0.3) is 0 Å². The van der Waals surface area contributed by atoms with Gasteiger partial charge < -0.3 is 0 Å². The number of allylic oxidation sites excluding steroid dienone is 1. The van der Waals surface area contributed by atoms with E-state index in [-0.39, 0.29) is 0 Å². The van der Waals surface area contributed by atoms with Gasteiger partial charge in [0.05, 0.1) is 11.4 Å². The number of aromatic nitrogens is 2. The molecule has 1 heterocycles. The third-order valence-electron chi connectivity index (χ3n) is 9.59. The minimum Gasteiger partial charge on any atom is -0.296 e. The van der Waals surface area contributed by atoms with Gasteiger partial charge in [-0.3, -0.25) is 4.57 Å². The van der Waals surface area contributed by atoms with Crippen LogP contribution < -0.4 is 0 Å². The first-order valence-electron chi connectivity index (χ1n) is 16.1. The SMILES string of the molecule is CC1CC=Cc2nc(-c3ccccc3)n(-c3ccc(-c4c5ccccc5c(-c5ccc6ccccc6c5)c5ccccc45)cc3)c21. The summed E-state index contributed by atoms with van der Waals surface area (Å²) >= 11 is 0. The Kier molecular flexibility index (Phi) is 6.21. The van der Waals surface area contributed by atoms with Crippen LogP contribution >= 0.6 is 0 Å². The highest BCUT2D eigenvalue weighted by molar-refractivity contribution is 6.21. The highest BCUT2D eigenvalue weighted by Crippen LogP contribution is 2.44. The van der Waals surface area contributed by atoms with Gasteiger partial charge in [-0.15, -0.1) is 0 Å². The molecule has 0 spiro atoms. The van der Waals surface area contributed by atoms with E-state index in [1.54, 1.807) is 0 Å². The molecule has 0 saturated carbocycles. The first kappa shape index (κ1) is 26.7. The van der Waals surface area contributed by atoms with E-state index in [1.165, 1.54) is 60.3 Å². The van der Waals surface area contributed by atoms with Gasteiger partial charge in [0.2, 0.25) is 0 Å². The molecular weight excluding hydrogens is 556 g/mol. The van der Waals surface area contributed by atoms with Crippen LogP contribution in [0.4, 0.5) is 0 Å². The minimum absolute atomic E-state index is 0.389. The van der Waals surface area contributed by atoms with Crippen LogP contribution in [0.2, 0.25) is 0 Å². The number of rotatable bonds is 4. The number of benzene rings is 7. The van der Waals surface area contributed by atoms with Crippen LogP contribution in [0.15, 0.2) is 152 Å². The van der Waals surface area contributed by atoms with Crippen LogP contribution in [0.1, 0.15) is 30.7 Å². The number of nitrogens with zero attached hydrogens (tertiary/aromatic N) is 2. The molecule has 0 fully saturated rings. The van der Waals surface area contributed by atoms with Crippen LogP contribution in [0, 0.1) is 0 Å². The molecule has 0 saturated heterocycles. The molecule has 0 aliphatic heterocycles. The van der Waals surface area contributed by atoms with Crippen molar-refractivity contribution in [1.29, 1.82) is 0 Å². The van der Waals surface area contributed by atoms with Gasteiger partial charge in [-0.05, 0) is 85.3 Å². The largest absolute Gasteiger partial charge is 0.296 e. The van der Waals surface area contributed by atoms with Gasteiger partial charge in [0, 0.05) is 17.2 Å². The van der Waals surface area contributed by atoms with Crippen molar-refractivity contribution < 1.29 is 0 Å². The lowest BCUT2D eigenvalue weighted by atomic mass is 9.85. The Hall–Kier alpha value is -5.73. The standard InChI is InChI=1S/C44H32N2/c1-29-12-11-21-40-43(29)46(44(45-40)32-14-3-2-4-15-32)35-26-24-31(25-27-35)41-36-17-7-9-19-38(36)42(39-20-10-8-18-37(39)41)34-23-22-30-13-5-6-16-33(30)28-34/h2-11,13-29H,12H2,1H3. The van der Waals surface area contributed by atoms with Crippen molar-refractivity contribution in [2.24, 2.45) is 0 Å². The van der Waals surface area contributed by atoms with Crippen molar-refractivity contribution in [2.75, 3.05) is 0 Å². The van der Waals surface area contributed by atoms with Gasteiger partial charge in [-0.2, -0.15) is 0 Å². The zero-order valence-electron chi connectivity index (χ0n) is 25.7. The fraction of sp³-hybridized carbons (Fsp3) is 0.0682. The Morgan fingerprint density at radius 1 is 0.543 bits per heavy atom. The fourth-order valence-corrected chi connectivity index (χ4v) is 7.46. The molecule has 2 nitrogen and oxygen atoms in total. The molecule has 9 rings (SSSR count). The third-order valence-corrected chi connectivity index (χ3v) is 9.59. The average molecular weight is 589 g/mol. The van der Waals surface area contributed by atoms with Crippen molar-refractivity contribution in [1.82, 2.24) is 9.55 Å². The van der Waals surface area contributed by atoms with Crippen LogP contribution in [0.3, 0.4) is 0 Å². The normalized spacial score (nSPS) is 14.2. The van der Waals surface area contributed by atoms with Crippen LogP contribution in [-0.2, 0) is 0 Å². The molecule has 0 bridgehead atoms. The summed E-state index contributed by atoms with van der Waals surface area (Å²) in [7, 11) is 0. The Balaban J connectivity index is 1.25. The van der Waals surface area contributed by atoms with Gasteiger partial charge in [-0.1, -0.05) is 140 Å². The average Bonchev–Trinajstić information content (AvgIpc) is 3.52. The third kappa shape index (κ3) is 4.22. The van der Waals surface area contributed by atoms with Gasteiger partial charge in [-0.25, -0.2) is 4.98 Å². The molecular formula is C44H32N2. The van der Waals surface area contributed by atoms with E-state index in [0.717, 1.165) is 29.2 Å². The number of hydrogen-bond donors (Lipinski definition) is 0. The summed E-state index contributed by atoms with van der Waals surface area (Å²) in [5.41, 5.74) is 9.64. The lowest BCUT2D eigenvalue weighted by Gasteiger charge is -2.20. The van der Waals surface area contributed by atoms with E-state index in [0.29, 0.717) is 5.92 Å². The second-order valence-electron chi connectivity index (χ2n) is 12.4. The van der Waals surface area contributed by atoms with Crippen LogP contribution in [-0.4, -0.2) is 9.55 Å². The zero-order valence-corrected chi connectivity index (χ0v) is 25.7. The maximum atomic E-state index is 5.14. The van der Waals surface area contributed by atoms with Crippen molar-refractivity contribution in [3.05, 3.63) is 163 Å². The first-order valence-corrected chi connectivity index (χ1v) is 16.1. The van der Waals surface area contributed by atoms with E-state index in [1.807, 2.05) is 0 Å². The Bertz CT molecular complexity index is 2390. The summed E-state index contributed by atoms with van der Waals surface area (Å²) in [6.45, 7) is 2.30. The summed E-state index contributed by atoms with van der Waals surface area (Å²) in [6.07, 6.45) is 5.45. The highest BCUT2D eigenvalue weighted by atomic mass is 15.1. The molecule has 1 atom stereocenters. The smallest absolute Gasteiger partial charge is 0.145 e. The van der Waals surface area contributed by atoms with Crippen molar-refractivity contribution in [2.45, 2.75) is 19.3 Å². The Labute approximate surface area is 268 Å². The van der Waals surface area contributed by atoms with Crippen molar-refractivity contribution >= 4 is 38.4 Å². The Morgan fingerprint density at radius 2 is 1.11 bits per heavy atom. The van der Waals surface area contributed by atoms with Gasteiger partial charge in [0.15, 0.2) is 0 Å². The maximum absolute atomic E-state index is 5.14. The fourth-order valence-electron chi connectivity index (χ4n) is 7.46. The molecule has 8 aromatic rings. The number of fused-ring (bicyclic) bond motifs is 4. The second kappa shape index (κ2) is 10.7. The molecule has 1 aliphatic rings. The van der Waals surface area contributed by atoms with Crippen molar-refractivity contribution in [3.63, 3.8) is 0 Å². The number of imidazole rings is 1. The highest BCUT2D eigenvalue weighted by Gasteiger charge is 2.25. The van der Waals surface area contributed by atoms with Gasteiger partial charge >= 0.3 is 0 Å². The second-order valence-corrected chi connectivity index (χ2v) is 12.4. The zero-order chi connectivity index (χ0) is 30.6. The number of hydrogen-bond acceptors (Lipinski definition) is 1. The van der Waals surface area contributed by atoms with Crippen LogP contribution in [0.5, 0.6) is 0 Å². The molecule has 1 aliphatic carbocycles. The first-order chi connectivity index (χ1) is 22.7. The predicted octanol–water partition coefficient (Wildman–Crippen LogP) is 11.9. The quantitative estimate of drug-likeness (QED) is 0.187. The van der Waals surface area contributed by atoms with Crippen LogP contribution in [0.25, 0.3) is 77.7 Å². The summed E-state index contributed by atoms with van der Waals surface area (Å²) in [4.78, 5) is 5.14. The molecule has 218 valence electrons. The Morgan fingerprint density at radius 3 is 1.78 bits per heavy atom. The van der Waals surface area contributed by atoms with E-state index in [4.69, 9.17) is 4.98 Å². The summed E-state index contributed by atoms with van der Waals surface area (Å²) in [5.74, 6) is 1.38. The monoisotopic (exact) mass is 588 g/mol. The topological polar surface area (TPSA) is 17.8 Å². The summed E-state index contributed by atoms with van der Waals surface area (Å²) in [6, 6.07) is 52.9. The molecule has 0 radical (unpaired) electrons.